The van der Waals surface area contributed by atoms with E-state index in [2.05, 4.69) is 15.6 Å². The minimum absolute atomic E-state index is 0.397. The normalized spacial score (nSPS) is 21.8. The van der Waals surface area contributed by atoms with E-state index in [1.54, 1.807) is 10.9 Å². The maximum absolute atomic E-state index is 8.58. The Balaban J connectivity index is 1.93. The van der Waals surface area contributed by atoms with E-state index in [4.69, 9.17) is 5.26 Å². The average Bonchev–Trinajstić information content (AvgIpc) is 2.67. The molecule has 1 aliphatic heterocycles. The predicted octanol–water partition coefficient (Wildman–Crippen LogP) is 0.149. The van der Waals surface area contributed by atoms with Gasteiger partial charge in [0.2, 0.25) is 0 Å². The minimum Gasteiger partial charge on any atom is -0.316 e. The second kappa shape index (κ2) is 4.20. The van der Waals surface area contributed by atoms with Crippen molar-refractivity contribution in [2.24, 2.45) is 5.92 Å². The third-order valence-electron chi connectivity index (χ3n) is 2.50. The van der Waals surface area contributed by atoms with Crippen LogP contribution in [-0.2, 0) is 6.54 Å². The van der Waals surface area contributed by atoms with E-state index >= 15 is 0 Å². The van der Waals surface area contributed by atoms with Crippen molar-refractivity contribution in [1.29, 1.82) is 5.26 Å². The summed E-state index contributed by atoms with van der Waals surface area (Å²) in [4.78, 5) is 0. The third kappa shape index (κ3) is 2.09. The third-order valence-corrected chi connectivity index (χ3v) is 2.50. The van der Waals surface area contributed by atoms with E-state index in [-0.39, 0.29) is 0 Å². The van der Waals surface area contributed by atoms with Crippen LogP contribution in [0.1, 0.15) is 18.5 Å². The van der Waals surface area contributed by atoms with Crippen LogP contribution < -0.4 is 5.32 Å². The number of hydrogen-bond acceptors (Lipinski definition) is 4. The first-order chi connectivity index (χ1) is 6.88. The Kier molecular flexibility index (Phi) is 2.75. The number of rotatable bonds is 2. The summed E-state index contributed by atoms with van der Waals surface area (Å²) in [6.07, 6.45) is 4.16. The van der Waals surface area contributed by atoms with Gasteiger partial charge in [-0.1, -0.05) is 5.21 Å². The first-order valence-corrected chi connectivity index (χ1v) is 4.89. The van der Waals surface area contributed by atoms with E-state index < -0.39 is 0 Å². The van der Waals surface area contributed by atoms with Gasteiger partial charge in [0, 0.05) is 6.54 Å². The molecule has 1 atom stereocenters. The molecule has 1 N–H and O–H groups in total. The molecule has 1 aromatic heterocycles. The molecule has 1 aromatic rings. The monoisotopic (exact) mass is 191 g/mol. The Labute approximate surface area is 82.7 Å². The van der Waals surface area contributed by atoms with Gasteiger partial charge in [0.15, 0.2) is 5.69 Å². The standard InChI is InChI=1S/C9H13N5/c10-4-9-7-14(13-12-9)6-8-2-1-3-11-5-8/h7-8,11H,1-3,5-6H2. The predicted molar refractivity (Wildman–Crippen MR) is 50.3 cm³/mol. The maximum atomic E-state index is 8.58. The summed E-state index contributed by atoms with van der Waals surface area (Å²) in [5.41, 5.74) is 0.397. The minimum atomic E-state index is 0.397. The Hall–Kier alpha value is -1.41. The molecule has 1 fully saturated rings. The zero-order chi connectivity index (χ0) is 9.80. The number of nitriles is 1. The van der Waals surface area contributed by atoms with Crippen LogP contribution in [0.25, 0.3) is 0 Å². The Morgan fingerprint density at radius 3 is 3.29 bits per heavy atom. The topological polar surface area (TPSA) is 66.5 Å². The van der Waals surface area contributed by atoms with Crippen LogP contribution in [0.2, 0.25) is 0 Å². The van der Waals surface area contributed by atoms with Crippen LogP contribution in [0, 0.1) is 17.2 Å². The fourth-order valence-electron chi connectivity index (χ4n) is 1.78. The largest absolute Gasteiger partial charge is 0.316 e. The van der Waals surface area contributed by atoms with Gasteiger partial charge >= 0.3 is 0 Å². The second-order valence-electron chi connectivity index (χ2n) is 3.65. The molecule has 74 valence electrons. The number of piperidine rings is 1. The molecule has 0 spiro atoms. The molecule has 0 radical (unpaired) electrons. The fourth-order valence-corrected chi connectivity index (χ4v) is 1.78. The number of aromatic nitrogens is 3. The van der Waals surface area contributed by atoms with Crippen LogP contribution in [0.15, 0.2) is 6.20 Å². The summed E-state index contributed by atoms with van der Waals surface area (Å²) < 4.78 is 1.76. The molecule has 5 heteroatoms. The van der Waals surface area contributed by atoms with Crippen molar-refractivity contribution >= 4 is 0 Å². The highest BCUT2D eigenvalue weighted by atomic mass is 15.4. The molecule has 5 nitrogen and oxygen atoms in total. The van der Waals surface area contributed by atoms with E-state index in [0.29, 0.717) is 11.6 Å². The highest BCUT2D eigenvalue weighted by Crippen LogP contribution is 2.11. The molecule has 0 aliphatic carbocycles. The van der Waals surface area contributed by atoms with Crippen LogP contribution in [0.4, 0.5) is 0 Å². The van der Waals surface area contributed by atoms with Gasteiger partial charge in [0.1, 0.15) is 6.07 Å². The van der Waals surface area contributed by atoms with Gasteiger partial charge in [-0.15, -0.1) is 5.10 Å². The van der Waals surface area contributed by atoms with Gasteiger partial charge in [0.25, 0.3) is 0 Å². The van der Waals surface area contributed by atoms with Gasteiger partial charge in [-0.05, 0) is 31.8 Å². The first kappa shape index (κ1) is 9.16. The van der Waals surface area contributed by atoms with Crippen molar-refractivity contribution in [1.82, 2.24) is 20.3 Å². The number of hydrogen-bond donors (Lipinski definition) is 1. The van der Waals surface area contributed by atoms with Gasteiger partial charge in [0.05, 0.1) is 6.20 Å². The van der Waals surface area contributed by atoms with Crippen molar-refractivity contribution in [2.45, 2.75) is 19.4 Å². The van der Waals surface area contributed by atoms with Crippen LogP contribution >= 0.6 is 0 Å². The molecule has 2 rings (SSSR count). The summed E-state index contributed by atoms with van der Waals surface area (Å²) in [6, 6.07) is 1.97. The summed E-state index contributed by atoms with van der Waals surface area (Å²) in [5.74, 6) is 0.622. The lowest BCUT2D eigenvalue weighted by molar-refractivity contribution is 0.322. The number of nitrogens with one attached hydrogen (secondary N) is 1. The second-order valence-corrected chi connectivity index (χ2v) is 3.65. The molecule has 0 bridgehead atoms. The lowest BCUT2D eigenvalue weighted by atomic mass is 10.00. The smallest absolute Gasteiger partial charge is 0.182 e. The van der Waals surface area contributed by atoms with Crippen LogP contribution in [0.5, 0.6) is 0 Å². The highest BCUT2D eigenvalue weighted by Gasteiger charge is 2.14. The molecular formula is C9H13N5. The van der Waals surface area contributed by atoms with Crippen molar-refractivity contribution in [2.75, 3.05) is 13.1 Å². The Morgan fingerprint density at radius 1 is 1.71 bits per heavy atom. The van der Waals surface area contributed by atoms with Gasteiger partial charge < -0.3 is 5.32 Å². The number of nitrogens with zero attached hydrogens (tertiary/aromatic N) is 4. The maximum Gasteiger partial charge on any atom is 0.182 e. The Morgan fingerprint density at radius 2 is 2.64 bits per heavy atom. The zero-order valence-electron chi connectivity index (χ0n) is 7.98. The molecule has 1 aliphatic rings. The van der Waals surface area contributed by atoms with Crippen molar-refractivity contribution in [3.8, 4) is 6.07 Å². The van der Waals surface area contributed by atoms with E-state index in [0.717, 1.165) is 19.6 Å². The van der Waals surface area contributed by atoms with Crippen LogP contribution in [-0.4, -0.2) is 28.1 Å². The molecule has 0 amide bonds. The first-order valence-electron chi connectivity index (χ1n) is 4.89. The Bertz CT molecular complexity index is 331. The zero-order valence-corrected chi connectivity index (χ0v) is 7.98. The molecule has 0 aromatic carbocycles. The lowest BCUT2D eigenvalue weighted by Crippen LogP contribution is -2.32. The summed E-state index contributed by atoms with van der Waals surface area (Å²) >= 11 is 0. The summed E-state index contributed by atoms with van der Waals surface area (Å²) in [5, 5.41) is 19.6. The summed E-state index contributed by atoms with van der Waals surface area (Å²) in [7, 11) is 0. The fraction of sp³-hybridized carbons (Fsp3) is 0.667. The average molecular weight is 191 g/mol. The van der Waals surface area contributed by atoms with E-state index in [9.17, 15) is 0 Å². The molecule has 2 heterocycles. The van der Waals surface area contributed by atoms with Crippen molar-refractivity contribution in [3.63, 3.8) is 0 Å². The van der Waals surface area contributed by atoms with Crippen LogP contribution in [0.3, 0.4) is 0 Å². The SMILES string of the molecule is N#Cc1cn(CC2CCCNC2)nn1. The van der Waals surface area contributed by atoms with Gasteiger partial charge in [-0.2, -0.15) is 5.26 Å². The summed E-state index contributed by atoms with van der Waals surface area (Å²) in [6.45, 7) is 3.03. The quantitative estimate of drug-likeness (QED) is 0.722. The van der Waals surface area contributed by atoms with E-state index in [1.165, 1.54) is 12.8 Å². The lowest BCUT2D eigenvalue weighted by Gasteiger charge is -2.22. The molecule has 1 unspecified atom stereocenters. The van der Waals surface area contributed by atoms with Gasteiger partial charge in [-0.3, -0.25) is 4.68 Å². The highest BCUT2D eigenvalue weighted by molar-refractivity contribution is 5.13. The molecule has 1 saturated heterocycles. The van der Waals surface area contributed by atoms with E-state index in [1.807, 2.05) is 6.07 Å². The van der Waals surface area contributed by atoms with Crippen molar-refractivity contribution in [3.05, 3.63) is 11.9 Å². The molecule has 14 heavy (non-hydrogen) atoms. The molecular weight excluding hydrogens is 178 g/mol. The molecule has 0 saturated carbocycles. The van der Waals surface area contributed by atoms with Gasteiger partial charge in [-0.25, -0.2) is 0 Å². The van der Waals surface area contributed by atoms with Crippen molar-refractivity contribution < 1.29 is 0 Å².